The smallest absolute Gasteiger partial charge is 0.234 e. The van der Waals surface area contributed by atoms with E-state index in [1.54, 1.807) is 4.31 Å². The molecule has 0 saturated heterocycles. The highest BCUT2D eigenvalue weighted by molar-refractivity contribution is 7.76. The van der Waals surface area contributed by atoms with Crippen LogP contribution >= 0.6 is 0 Å². The third-order valence-electron chi connectivity index (χ3n) is 4.24. The molecule has 3 nitrogen and oxygen atoms in total. The van der Waals surface area contributed by atoms with E-state index >= 15 is 0 Å². The standard InChI is InChI=1S/C18H39NO2S/c1-3-5-7-9-11-13-15-17-19(22(20)21)18-16-14-12-10-8-6-4-2/h3-18H2,1-2H3,(H,20,21). The predicted octanol–water partition coefficient (Wildman–Crippen LogP) is 5.93. The first-order valence-corrected chi connectivity index (χ1v) is 10.6. The van der Waals surface area contributed by atoms with E-state index < -0.39 is 11.3 Å². The first-order valence-electron chi connectivity index (χ1n) is 9.58. The first kappa shape index (κ1) is 22.1. The van der Waals surface area contributed by atoms with Gasteiger partial charge in [0.05, 0.1) is 0 Å². The Morgan fingerprint density at radius 1 is 0.636 bits per heavy atom. The average Bonchev–Trinajstić information content (AvgIpc) is 2.50. The molecule has 0 aliphatic rings. The molecule has 0 heterocycles. The lowest BCUT2D eigenvalue weighted by Crippen LogP contribution is -2.27. The molecule has 0 aromatic heterocycles. The lowest BCUT2D eigenvalue weighted by Gasteiger charge is -2.17. The molecular formula is C18H39NO2S. The number of unbranched alkanes of at least 4 members (excludes halogenated alkanes) is 12. The quantitative estimate of drug-likeness (QED) is 0.265. The predicted molar refractivity (Wildman–Crippen MR) is 98.3 cm³/mol. The van der Waals surface area contributed by atoms with Crippen LogP contribution < -0.4 is 0 Å². The van der Waals surface area contributed by atoms with Crippen LogP contribution in [0.4, 0.5) is 0 Å². The Balaban J connectivity index is 3.51. The second kappa shape index (κ2) is 17.4. The minimum Gasteiger partial charge on any atom is -0.294 e. The zero-order valence-corrected chi connectivity index (χ0v) is 15.8. The van der Waals surface area contributed by atoms with Crippen LogP contribution in [-0.4, -0.2) is 26.2 Å². The van der Waals surface area contributed by atoms with E-state index in [1.165, 1.54) is 77.0 Å². The van der Waals surface area contributed by atoms with Crippen LogP contribution in [0.3, 0.4) is 0 Å². The van der Waals surface area contributed by atoms with Gasteiger partial charge in [-0.2, -0.15) is 0 Å². The number of hydrogen-bond donors (Lipinski definition) is 1. The summed E-state index contributed by atoms with van der Waals surface area (Å²) in [4.78, 5) is 0. The zero-order valence-electron chi connectivity index (χ0n) is 15.0. The van der Waals surface area contributed by atoms with Crippen molar-refractivity contribution >= 4 is 11.3 Å². The summed E-state index contributed by atoms with van der Waals surface area (Å²) >= 11 is -1.79. The molecule has 0 saturated carbocycles. The van der Waals surface area contributed by atoms with Gasteiger partial charge >= 0.3 is 0 Å². The number of rotatable bonds is 17. The monoisotopic (exact) mass is 333 g/mol. The molecule has 0 amide bonds. The van der Waals surface area contributed by atoms with Gasteiger partial charge in [0, 0.05) is 13.1 Å². The normalized spacial score (nSPS) is 12.9. The van der Waals surface area contributed by atoms with Crippen LogP contribution in [0.15, 0.2) is 0 Å². The van der Waals surface area contributed by atoms with Gasteiger partial charge in [0.25, 0.3) is 0 Å². The van der Waals surface area contributed by atoms with Crippen LogP contribution in [0, 0.1) is 0 Å². The molecule has 22 heavy (non-hydrogen) atoms. The van der Waals surface area contributed by atoms with E-state index in [-0.39, 0.29) is 0 Å². The fourth-order valence-electron chi connectivity index (χ4n) is 2.76. The van der Waals surface area contributed by atoms with Gasteiger partial charge in [0.15, 0.2) is 0 Å². The highest BCUT2D eigenvalue weighted by atomic mass is 32.2. The van der Waals surface area contributed by atoms with Gasteiger partial charge in [0.2, 0.25) is 11.3 Å². The second-order valence-electron chi connectivity index (χ2n) is 6.40. The molecule has 0 spiro atoms. The van der Waals surface area contributed by atoms with Crippen LogP contribution in [0.25, 0.3) is 0 Å². The van der Waals surface area contributed by atoms with E-state index in [0.29, 0.717) is 0 Å². The van der Waals surface area contributed by atoms with Gasteiger partial charge in [-0.15, -0.1) is 0 Å². The summed E-state index contributed by atoms with van der Waals surface area (Å²) in [5.41, 5.74) is 0. The van der Waals surface area contributed by atoms with Crippen molar-refractivity contribution in [3.63, 3.8) is 0 Å². The van der Waals surface area contributed by atoms with Crippen molar-refractivity contribution in [2.45, 2.75) is 104 Å². The molecule has 0 fully saturated rings. The number of hydrogen-bond acceptors (Lipinski definition) is 1. The van der Waals surface area contributed by atoms with Gasteiger partial charge in [-0.05, 0) is 12.8 Å². The summed E-state index contributed by atoms with van der Waals surface area (Å²) in [6, 6.07) is 0. The molecule has 134 valence electrons. The van der Waals surface area contributed by atoms with Crippen molar-refractivity contribution in [3.05, 3.63) is 0 Å². The highest BCUT2D eigenvalue weighted by Crippen LogP contribution is 2.10. The molecule has 0 radical (unpaired) electrons. The summed E-state index contributed by atoms with van der Waals surface area (Å²) in [5.74, 6) is 0. The maximum absolute atomic E-state index is 11.3. The molecule has 1 N–H and O–H groups in total. The third-order valence-corrected chi connectivity index (χ3v) is 5.05. The Hall–Kier alpha value is 0.0700. The lowest BCUT2D eigenvalue weighted by atomic mass is 10.1. The third kappa shape index (κ3) is 15.0. The second-order valence-corrected chi connectivity index (χ2v) is 7.38. The topological polar surface area (TPSA) is 40.5 Å². The Kier molecular flexibility index (Phi) is 17.5. The van der Waals surface area contributed by atoms with Crippen molar-refractivity contribution in [1.82, 2.24) is 4.31 Å². The number of nitrogens with zero attached hydrogens (tertiary/aromatic N) is 1. The Bertz CT molecular complexity index is 231. The molecular weight excluding hydrogens is 294 g/mol. The van der Waals surface area contributed by atoms with E-state index in [0.717, 1.165) is 25.9 Å². The van der Waals surface area contributed by atoms with E-state index in [2.05, 4.69) is 13.8 Å². The van der Waals surface area contributed by atoms with Crippen LogP contribution in [0.2, 0.25) is 0 Å². The van der Waals surface area contributed by atoms with E-state index in [1.807, 2.05) is 0 Å². The molecule has 0 aromatic rings. The van der Waals surface area contributed by atoms with Gasteiger partial charge < -0.3 is 0 Å². The largest absolute Gasteiger partial charge is 0.294 e. The minimum absolute atomic E-state index is 0.771. The fourth-order valence-corrected chi connectivity index (χ4v) is 3.33. The lowest BCUT2D eigenvalue weighted by molar-refractivity contribution is 0.372. The van der Waals surface area contributed by atoms with Crippen molar-refractivity contribution in [1.29, 1.82) is 0 Å². The van der Waals surface area contributed by atoms with Crippen molar-refractivity contribution in [2.24, 2.45) is 0 Å². The molecule has 0 aliphatic heterocycles. The SMILES string of the molecule is CCCCCCCCCN(CCCCCCCCC)S(=O)O. The van der Waals surface area contributed by atoms with E-state index in [4.69, 9.17) is 0 Å². The fraction of sp³-hybridized carbons (Fsp3) is 1.00. The maximum atomic E-state index is 11.3. The minimum atomic E-state index is -1.79. The van der Waals surface area contributed by atoms with Gasteiger partial charge in [-0.1, -0.05) is 90.9 Å². The molecule has 1 unspecified atom stereocenters. The summed E-state index contributed by atoms with van der Waals surface area (Å²) in [7, 11) is 0. The van der Waals surface area contributed by atoms with Gasteiger partial charge in [-0.25, -0.2) is 8.51 Å². The zero-order chi connectivity index (χ0) is 16.5. The summed E-state index contributed by atoms with van der Waals surface area (Å²) in [6.07, 6.45) is 17.6. The first-order chi connectivity index (χ1) is 10.7. The molecule has 0 rings (SSSR count). The van der Waals surface area contributed by atoms with Crippen molar-refractivity contribution in [3.8, 4) is 0 Å². The average molecular weight is 334 g/mol. The van der Waals surface area contributed by atoms with Crippen LogP contribution in [0.5, 0.6) is 0 Å². The molecule has 4 heteroatoms. The summed E-state index contributed by atoms with van der Waals surface area (Å²) in [6.45, 7) is 6.01. The molecule has 0 bridgehead atoms. The molecule has 1 atom stereocenters. The Labute approximate surface area is 141 Å². The van der Waals surface area contributed by atoms with Gasteiger partial charge in [-0.3, -0.25) is 4.55 Å². The highest BCUT2D eigenvalue weighted by Gasteiger charge is 2.09. The Morgan fingerprint density at radius 3 is 1.27 bits per heavy atom. The van der Waals surface area contributed by atoms with Crippen LogP contribution in [0.1, 0.15) is 104 Å². The van der Waals surface area contributed by atoms with Crippen molar-refractivity contribution < 1.29 is 8.76 Å². The Morgan fingerprint density at radius 2 is 0.955 bits per heavy atom. The maximum Gasteiger partial charge on any atom is 0.234 e. The molecule has 0 aliphatic carbocycles. The molecule has 0 aromatic carbocycles. The summed E-state index contributed by atoms with van der Waals surface area (Å²) in [5, 5.41) is 0. The summed E-state index contributed by atoms with van der Waals surface area (Å²) < 4.78 is 22.4. The van der Waals surface area contributed by atoms with Crippen molar-refractivity contribution in [2.75, 3.05) is 13.1 Å². The van der Waals surface area contributed by atoms with Crippen LogP contribution in [-0.2, 0) is 11.3 Å². The van der Waals surface area contributed by atoms with E-state index in [9.17, 15) is 8.76 Å². The van der Waals surface area contributed by atoms with Gasteiger partial charge in [0.1, 0.15) is 0 Å².